The molecule has 1 aromatic heterocycles. The van der Waals surface area contributed by atoms with Crippen LogP contribution in [-0.2, 0) is 4.79 Å². The Hall–Kier alpha value is -2.02. The number of amides is 1. The fourth-order valence-electron chi connectivity index (χ4n) is 4.76. The third kappa shape index (κ3) is 3.83. The lowest BCUT2D eigenvalue weighted by molar-refractivity contribution is -0.119. The van der Waals surface area contributed by atoms with Crippen molar-refractivity contribution in [2.24, 2.45) is 17.8 Å². The lowest BCUT2D eigenvalue weighted by Crippen LogP contribution is -2.40. The monoisotopic (exact) mass is 386 g/mol. The molecule has 2 bridgehead atoms. The number of nitrogens with one attached hydrogen (secondary N) is 1. The van der Waals surface area contributed by atoms with Gasteiger partial charge in [0.2, 0.25) is 5.91 Å². The van der Waals surface area contributed by atoms with Crippen molar-refractivity contribution in [1.82, 2.24) is 20.1 Å². The van der Waals surface area contributed by atoms with Gasteiger partial charge in [0, 0.05) is 6.04 Å². The van der Waals surface area contributed by atoms with Crippen LogP contribution in [0.25, 0.3) is 5.69 Å². The molecule has 6 nitrogen and oxygen atoms in total. The van der Waals surface area contributed by atoms with Gasteiger partial charge in [-0.3, -0.25) is 9.36 Å². The van der Waals surface area contributed by atoms with Gasteiger partial charge in [0.05, 0.1) is 18.6 Å². The molecule has 2 aliphatic rings. The predicted molar refractivity (Wildman–Crippen MR) is 105 cm³/mol. The Morgan fingerprint density at radius 3 is 2.96 bits per heavy atom. The molecule has 0 radical (unpaired) electrons. The topological polar surface area (TPSA) is 69.0 Å². The Morgan fingerprint density at radius 2 is 2.22 bits per heavy atom. The van der Waals surface area contributed by atoms with E-state index in [4.69, 9.17) is 4.74 Å². The van der Waals surface area contributed by atoms with Crippen LogP contribution in [-0.4, -0.2) is 39.6 Å². The first-order valence-corrected chi connectivity index (χ1v) is 10.6. The van der Waals surface area contributed by atoms with Gasteiger partial charge >= 0.3 is 0 Å². The number of ether oxygens (including phenoxy) is 1. The Kier molecular flexibility index (Phi) is 5.38. The van der Waals surface area contributed by atoms with E-state index in [-0.39, 0.29) is 11.9 Å². The number of carbonyl (C=O) groups is 1. The summed E-state index contributed by atoms with van der Waals surface area (Å²) in [6.45, 7) is 2.16. The van der Waals surface area contributed by atoms with E-state index in [9.17, 15) is 4.79 Å². The quantitative estimate of drug-likeness (QED) is 0.740. The van der Waals surface area contributed by atoms with Crippen molar-refractivity contribution >= 4 is 17.7 Å². The second-order valence-corrected chi connectivity index (χ2v) is 8.58. The van der Waals surface area contributed by atoms with Crippen LogP contribution in [0.5, 0.6) is 5.75 Å². The number of hydrogen-bond acceptors (Lipinski definition) is 5. The number of rotatable bonds is 7. The van der Waals surface area contributed by atoms with Gasteiger partial charge in [-0.2, -0.15) is 0 Å². The lowest BCUT2D eigenvalue weighted by atomic mass is 9.84. The molecule has 27 heavy (non-hydrogen) atoms. The van der Waals surface area contributed by atoms with E-state index in [1.54, 1.807) is 13.4 Å². The average molecular weight is 387 g/mol. The van der Waals surface area contributed by atoms with Gasteiger partial charge in [0.25, 0.3) is 0 Å². The number of fused-ring (bicyclic) bond motifs is 2. The molecule has 1 amide bonds. The molecule has 1 aromatic carbocycles. The Bertz CT molecular complexity index is 809. The van der Waals surface area contributed by atoms with E-state index in [0.29, 0.717) is 16.8 Å². The summed E-state index contributed by atoms with van der Waals surface area (Å²) in [5.74, 6) is 3.49. The van der Waals surface area contributed by atoms with E-state index in [2.05, 4.69) is 22.4 Å². The molecule has 0 spiro atoms. The summed E-state index contributed by atoms with van der Waals surface area (Å²) >= 11 is 1.40. The summed E-state index contributed by atoms with van der Waals surface area (Å²) in [6, 6.07) is 7.96. The highest BCUT2D eigenvalue weighted by Gasteiger charge is 2.42. The number of para-hydroxylation sites is 2. The molecule has 2 aliphatic carbocycles. The van der Waals surface area contributed by atoms with Crippen LogP contribution in [0, 0.1) is 17.8 Å². The van der Waals surface area contributed by atoms with Gasteiger partial charge in [-0.15, -0.1) is 10.2 Å². The average Bonchev–Trinajstić information content (AvgIpc) is 3.42. The van der Waals surface area contributed by atoms with Crippen molar-refractivity contribution in [3.05, 3.63) is 30.6 Å². The van der Waals surface area contributed by atoms with Crippen LogP contribution >= 0.6 is 11.8 Å². The molecule has 1 N–H and O–H groups in total. The van der Waals surface area contributed by atoms with E-state index in [1.807, 2.05) is 28.8 Å². The second kappa shape index (κ2) is 7.92. The molecule has 2 saturated carbocycles. The Balaban J connectivity index is 1.35. The maximum atomic E-state index is 12.5. The van der Waals surface area contributed by atoms with E-state index in [1.165, 1.54) is 37.4 Å². The van der Waals surface area contributed by atoms with Gasteiger partial charge in [-0.25, -0.2) is 0 Å². The summed E-state index contributed by atoms with van der Waals surface area (Å²) < 4.78 is 7.28. The molecule has 4 unspecified atom stereocenters. The fourth-order valence-corrected chi connectivity index (χ4v) is 5.49. The molecule has 4 atom stereocenters. The van der Waals surface area contributed by atoms with Crippen LogP contribution in [0.3, 0.4) is 0 Å². The van der Waals surface area contributed by atoms with Gasteiger partial charge in [-0.05, 0) is 56.1 Å². The standard InChI is InChI=1S/C20H26N4O2S/c1-13(16-10-14-7-8-15(16)9-14)22-19(25)11-27-20-23-21-12-24(20)17-5-3-4-6-18(17)26-2/h3-6,12-16H,7-11H2,1-2H3,(H,22,25). The Labute approximate surface area is 164 Å². The van der Waals surface area contributed by atoms with Crippen molar-refractivity contribution in [1.29, 1.82) is 0 Å². The summed E-state index contributed by atoms with van der Waals surface area (Å²) in [5.41, 5.74) is 0.864. The minimum absolute atomic E-state index is 0.0600. The number of carbonyl (C=O) groups excluding carboxylic acids is 1. The van der Waals surface area contributed by atoms with Crippen molar-refractivity contribution in [3.63, 3.8) is 0 Å². The predicted octanol–water partition coefficient (Wildman–Crippen LogP) is 3.31. The minimum atomic E-state index is 0.0600. The van der Waals surface area contributed by atoms with Crippen LogP contribution in [0.1, 0.15) is 32.6 Å². The van der Waals surface area contributed by atoms with Gasteiger partial charge in [0.15, 0.2) is 5.16 Å². The highest BCUT2D eigenvalue weighted by Crippen LogP contribution is 2.49. The Morgan fingerprint density at radius 1 is 1.37 bits per heavy atom. The normalized spacial score (nSPS) is 24.7. The minimum Gasteiger partial charge on any atom is -0.495 e. The molecular formula is C20H26N4O2S. The molecule has 7 heteroatoms. The first-order chi connectivity index (χ1) is 13.2. The summed E-state index contributed by atoms with van der Waals surface area (Å²) in [7, 11) is 1.64. The third-order valence-corrected chi connectivity index (χ3v) is 6.96. The second-order valence-electron chi connectivity index (χ2n) is 7.64. The first kappa shape index (κ1) is 18.3. The zero-order valence-electron chi connectivity index (χ0n) is 15.8. The van der Waals surface area contributed by atoms with Gasteiger partial charge in [-0.1, -0.05) is 30.3 Å². The van der Waals surface area contributed by atoms with Crippen LogP contribution in [0.2, 0.25) is 0 Å². The van der Waals surface area contributed by atoms with Crippen molar-refractivity contribution in [3.8, 4) is 11.4 Å². The summed E-state index contributed by atoms with van der Waals surface area (Å²) in [6.07, 6.45) is 7.02. The summed E-state index contributed by atoms with van der Waals surface area (Å²) in [5, 5.41) is 12.1. The molecule has 2 aromatic rings. The molecule has 4 rings (SSSR count). The van der Waals surface area contributed by atoms with Gasteiger partial charge < -0.3 is 10.1 Å². The molecular weight excluding hydrogens is 360 g/mol. The first-order valence-electron chi connectivity index (χ1n) is 9.61. The van der Waals surface area contributed by atoms with E-state index >= 15 is 0 Å². The van der Waals surface area contributed by atoms with Crippen molar-refractivity contribution in [2.75, 3.05) is 12.9 Å². The number of benzene rings is 1. The van der Waals surface area contributed by atoms with E-state index in [0.717, 1.165) is 23.3 Å². The van der Waals surface area contributed by atoms with Crippen molar-refractivity contribution in [2.45, 2.75) is 43.8 Å². The largest absolute Gasteiger partial charge is 0.495 e. The maximum absolute atomic E-state index is 12.5. The molecule has 2 fully saturated rings. The van der Waals surface area contributed by atoms with Crippen LogP contribution in [0.15, 0.2) is 35.7 Å². The number of hydrogen-bond donors (Lipinski definition) is 1. The van der Waals surface area contributed by atoms with Gasteiger partial charge in [0.1, 0.15) is 12.1 Å². The molecule has 1 heterocycles. The number of thioether (sulfide) groups is 1. The third-order valence-electron chi connectivity index (χ3n) is 6.02. The summed E-state index contributed by atoms with van der Waals surface area (Å²) in [4.78, 5) is 12.5. The highest BCUT2D eigenvalue weighted by atomic mass is 32.2. The SMILES string of the molecule is COc1ccccc1-n1cnnc1SCC(=O)NC(C)C1CC2CCC1C2. The van der Waals surface area contributed by atoms with Crippen molar-refractivity contribution < 1.29 is 9.53 Å². The molecule has 144 valence electrons. The highest BCUT2D eigenvalue weighted by molar-refractivity contribution is 7.99. The maximum Gasteiger partial charge on any atom is 0.230 e. The fraction of sp³-hybridized carbons (Fsp3) is 0.550. The zero-order chi connectivity index (χ0) is 18.8. The van der Waals surface area contributed by atoms with Crippen LogP contribution in [0.4, 0.5) is 0 Å². The molecule has 0 aliphatic heterocycles. The zero-order valence-corrected chi connectivity index (χ0v) is 16.6. The lowest BCUT2D eigenvalue weighted by Gasteiger charge is -2.28. The van der Waals surface area contributed by atoms with E-state index < -0.39 is 0 Å². The number of aromatic nitrogens is 3. The smallest absolute Gasteiger partial charge is 0.230 e. The number of methoxy groups -OCH3 is 1. The molecule has 0 saturated heterocycles. The number of nitrogens with zero attached hydrogens (tertiary/aromatic N) is 3. The van der Waals surface area contributed by atoms with Crippen LogP contribution < -0.4 is 10.1 Å².